The van der Waals surface area contributed by atoms with Crippen molar-refractivity contribution in [1.82, 2.24) is 14.7 Å². The van der Waals surface area contributed by atoms with Crippen LogP contribution in [0.1, 0.15) is 53.1 Å². The van der Waals surface area contributed by atoms with Crippen LogP contribution in [0.25, 0.3) is 0 Å². The Bertz CT molecular complexity index is 1450. The molecule has 198 valence electrons. The summed E-state index contributed by atoms with van der Waals surface area (Å²) in [7, 11) is 3.02. The zero-order chi connectivity index (χ0) is 27.8. The molecule has 12 heteroatoms. The summed E-state index contributed by atoms with van der Waals surface area (Å²) in [5.41, 5.74) is 7.32. The molecule has 0 radical (unpaired) electrons. The fourth-order valence-corrected chi connectivity index (χ4v) is 4.20. The number of nitrogens with two attached hydrogens (primary N) is 1. The molecule has 0 fully saturated rings. The second kappa shape index (κ2) is 12.5. The molecule has 0 saturated heterocycles. The molecule has 0 saturated carbocycles. The summed E-state index contributed by atoms with van der Waals surface area (Å²) in [6.07, 6.45) is 3.87. The maximum atomic E-state index is 13.0. The highest BCUT2D eigenvalue weighted by atomic mass is 16.5. The molecule has 2 heterocycles. The summed E-state index contributed by atoms with van der Waals surface area (Å²) in [4.78, 5) is 34.8. The smallest absolute Gasteiger partial charge is 0.296 e. The number of ether oxygens (including phenoxy) is 1. The van der Waals surface area contributed by atoms with Gasteiger partial charge in [-0.15, -0.1) is 0 Å². The van der Waals surface area contributed by atoms with E-state index in [1.807, 2.05) is 0 Å². The lowest BCUT2D eigenvalue weighted by Gasteiger charge is -2.29. The van der Waals surface area contributed by atoms with Crippen LogP contribution in [-0.2, 0) is 11.8 Å². The monoisotopic (exact) mass is 519 g/mol. The van der Waals surface area contributed by atoms with Crippen LogP contribution in [0.4, 0.5) is 5.69 Å². The summed E-state index contributed by atoms with van der Waals surface area (Å²) in [5.74, 6) is -2.63. The van der Waals surface area contributed by atoms with E-state index in [1.54, 1.807) is 45.2 Å². The maximum absolute atomic E-state index is 13.0. The minimum atomic E-state index is -0.822. The van der Waals surface area contributed by atoms with Gasteiger partial charge in [0.1, 0.15) is 17.8 Å². The molecular formula is C26H29N7O5. The molecule has 38 heavy (non-hydrogen) atoms. The van der Waals surface area contributed by atoms with Crippen LogP contribution in [0.15, 0.2) is 62.8 Å². The summed E-state index contributed by atoms with van der Waals surface area (Å²) in [6, 6.07) is 9.22. The van der Waals surface area contributed by atoms with E-state index in [0.717, 1.165) is 0 Å². The van der Waals surface area contributed by atoms with Crippen LogP contribution in [0.5, 0.6) is 5.75 Å². The van der Waals surface area contributed by atoms with Crippen molar-refractivity contribution in [2.75, 3.05) is 25.6 Å². The van der Waals surface area contributed by atoms with Crippen LogP contribution < -0.4 is 16.6 Å². The molecule has 1 amide bonds. The minimum absolute atomic E-state index is 0.185. The number of aromatic hydroxyl groups is 1. The summed E-state index contributed by atoms with van der Waals surface area (Å²) >= 11 is 0. The Labute approximate surface area is 219 Å². The fourth-order valence-electron chi connectivity index (χ4n) is 4.20. The summed E-state index contributed by atoms with van der Waals surface area (Å²) in [6.45, 7) is 4.39. The number of benzene rings is 1. The minimum Gasteiger partial charge on any atom is -0.501 e. The zero-order valence-electron chi connectivity index (χ0n) is 21.5. The lowest BCUT2D eigenvalue weighted by Crippen LogP contribution is -2.30. The van der Waals surface area contributed by atoms with Crippen LogP contribution in [0.2, 0.25) is 0 Å². The molecule has 0 aliphatic carbocycles. The van der Waals surface area contributed by atoms with Crippen molar-refractivity contribution in [3.63, 3.8) is 0 Å². The number of amides is 1. The van der Waals surface area contributed by atoms with Crippen LogP contribution >= 0.6 is 0 Å². The molecule has 0 bridgehead atoms. The van der Waals surface area contributed by atoms with E-state index in [9.17, 15) is 20.0 Å². The predicted octanol–water partition coefficient (Wildman–Crippen LogP) is 2.44. The number of hydrogen-bond acceptors (Lipinski definition) is 10. The number of nitrogens with one attached hydrogen (secondary N) is 1. The van der Waals surface area contributed by atoms with E-state index >= 15 is 0 Å². The lowest BCUT2D eigenvalue weighted by molar-refractivity contribution is 0.101. The molecule has 0 spiro atoms. The Morgan fingerprint density at radius 3 is 2.79 bits per heavy atom. The molecule has 0 aliphatic heterocycles. The van der Waals surface area contributed by atoms with E-state index < -0.39 is 34.7 Å². The number of allylic oxidation sites excluding steroid dienone is 1. The number of carbonyl (C=O) groups excluding carboxylic acids is 1. The SMILES string of the molecule is COCCN=C(C)/C(=C\N)C(c1ccccc1C#N)C(C)c1nc(C(=O)Nc2cnoc2)c(O)c(=O)n1C. The maximum Gasteiger partial charge on any atom is 0.296 e. The van der Waals surface area contributed by atoms with Gasteiger partial charge in [-0.3, -0.25) is 19.1 Å². The first-order chi connectivity index (χ1) is 18.2. The molecule has 2 atom stereocenters. The van der Waals surface area contributed by atoms with Crippen molar-refractivity contribution < 1.29 is 19.2 Å². The Morgan fingerprint density at radius 1 is 1.42 bits per heavy atom. The highest BCUT2D eigenvalue weighted by molar-refractivity contribution is 6.04. The third-order valence-electron chi connectivity index (χ3n) is 6.11. The largest absolute Gasteiger partial charge is 0.501 e. The van der Waals surface area contributed by atoms with Crippen molar-refractivity contribution in [1.29, 1.82) is 5.26 Å². The molecule has 1 aromatic carbocycles. The number of aromatic nitrogens is 3. The number of anilines is 1. The molecule has 12 nitrogen and oxygen atoms in total. The van der Waals surface area contributed by atoms with Crippen LogP contribution in [-0.4, -0.2) is 51.7 Å². The van der Waals surface area contributed by atoms with E-state index in [4.69, 9.17) is 15.0 Å². The molecule has 3 aromatic rings. The van der Waals surface area contributed by atoms with Crippen LogP contribution in [0, 0.1) is 11.3 Å². The normalized spacial score (nSPS) is 13.6. The number of hydrogen-bond donors (Lipinski definition) is 3. The van der Waals surface area contributed by atoms with E-state index in [2.05, 4.69) is 26.5 Å². The Morgan fingerprint density at radius 2 is 2.16 bits per heavy atom. The van der Waals surface area contributed by atoms with Crippen molar-refractivity contribution in [3.8, 4) is 11.8 Å². The Kier molecular flexibility index (Phi) is 9.13. The third kappa shape index (κ3) is 5.79. The Hall–Kier alpha value is -4.76. The third-order valence-corrected chi connectivity index (χ3v) is 6.11. The Balaban J connectivity index is 2.19. The van der Waals surface area contributed by atoms with Gasteiger partial charge in [0, 0.05) is 31.7 Å². The van der Waals surface area contributed by atoms with Gasteiger partial charge in [-0.2, -0.15) is 5.26 Å². The number of methoxy groups -OCH3 is 1. The van der Waals surface area contributed by atoms with Crippen molar-refractivity contribution in [2.24, 2.45) is 17.8 Å². The first kappa shape index (κ1) is 27.8. The van der Waals surface area contributed by atoms with Crippen molar-refractivity contribution in [3.05, 3.63) is 81.5 Å². The lowest BCUT2D eigenvalue weighted by atomic mass is 9.77. The molecule has 3 rings (SSSR count). The van der Waals surface area contributed by atoms with Crippen molar-refractivity contribution in [2.45, 2.75) is 25.7 Å². The molecule has 2 aromatic heterocycles. The van der Waals surface area contributed by atoms with E-state index in [0.29, 0.717) is 35.6 Å². The van der Waals surface area contributed by atoms with Gasteiger partial charge in [0.05, 0.1) is 31.0 Å². The fraction of sp³-hybridized carbons (Fsp3) is 0.308. The van der Waals surface area contributed by atoms with Gasteiger partial charge in [0.2, 0.25) is 5.75 Å². The highest BCUT2D eigenvalue weighted by Crippen LogP contribution is 2.39. The van der Waals surface area contributed by atoms with Crippen LogP contribution in [0.3, 0.4) is 0 Å². The average Bonchev–Trinajstić information content (AvgIpc) is 3.43. The van der Waals surface area contributed by atoms with E-state index in [1.165, 1.54) is 30.3 Å². The first-order valence-electron chi connectivity index (χ1n) is 11.7. The number of nitriles is 1. The second-order valence-electron chi connectivity index (χ2n) is 8.45. The first-order valence-corrected chi connectivity index (χ1v) is 11.7. The molecule has 2 unspecified atom stereocenters. The predicted molar refractivity (Wildman–Crippen MR) is 140 cm³/mol. The second-order valence-corrected chi connectivity index (χ2v) is 8.45. The van der Waals surface area contributed by atoms with Gasteiger partial charge in [-0.05, 0) is 30.3 Å². The van der Waals surface area contributed by atoms with Gasteiger partial charge in [0.25, 0.3) is 11.5 Å². The van der Waals surface area contributed by atoms with Gasteiger partial charge >= 0.3 is 0 Å². The molecule has 0 aliphatic rings. The molecular weight excluding hydrogens is 490 g/mol. The number of rotatable bonds is 10. The molecule has 4 N–H and O–H groups in total. The average molecular weight is 520 g/mol. The topological polar surface area (TPSA) is 182 Å². The van der Waals surface area contributed by atoms with E-state index in [-0.39, 0.29) is 11.5 Å². The highest BCUT2D eigenvalue weighted by Gasteiger charge is 2.32. The summed E-state index contributed by atoms with van der Waals surface area (Å²) < 4.78 is 11.0. The quantitative estimate of drug-likeness (QED) is 0.267. The van der Waals surface area contributed by atoms with Crippen molar-refractivity contribution >= 4 is 17.3 Å². The standard InChI is InChI=1S/C26H29N7O5/c1-15(24-32-22(23(34)26(36)33(24)3)25(35)31-18-13-30-38-14-18)21(19-8-6-5-7-17(19)11-27)20(12-28)16(2)29-9-10-37-4/h5-8,12-15,21,34H,9-10,28H2,1-4H3,(H,31,35)/b20-12+,29-16?. The van der Waals surface area contributed by atoms with Gasteiger partial charge in [0.15, 0.2) is 5.69 Å². The summed E-state index contributed by atoms with van der Waals surface area (Å²) in [5, 5.41) is 26.3. The zero-order valence-corrected chi connectivity index (χ0v) is 21.5. The number of carbonyl (C=O) groups is 1. The number of aliphatic imine (C=N–C) groups is 1. The van der Waals surface area contributed by atoms with Gasteiger partial charge in [-0.25, -0.2) is 4.98 Å². The number of nitrogens with zero attached hydrogens (tertiary/aromatic N) is 5. The van der Waals surface area contributed by atoms with Gasteiger partial charge < -0.3 is 25.4 Å². The van der Waals surface area contributed by atoms with Gasteiger partial charge in [-0.1, -0.05) is 30.3 Å².